The number of hydrogen-bond donors (Lipinski definition) is 0. The van der Waals surface area contributed by atoms with Gasteiger partial charge in [0, 0.05) is 28.1 Å². The summed E-state index contributed by atoms with van der Waals surface area (Å²) >= 11 is 7.18. The Morgan fingerprint density at radius 3 is 2.82 bits per heavy atom. The van der Waals surface area contributed by atoms with Gasteiger partial charge in [0.05, 0.1) is 0 Å². The van der Waals surface area contributed by atoms with Gasteiger partial charge in [0.25, 0.3) is 0 Å². The van der Waals surface area contributed by atoms with Crippen molar-refractivity contribution in [3.63, 3.8) is 0 Å². The number of anilines is 1. The summed E-state index contributed by atoms with van der Waals surface area (Å²) in [5.74, 6) is 0.783. The molecule has 1 aliphatic heterocycles. The van der Waals surface area contributed by atoms with Gasteiger partial charge >= 0.3 is 0 Å². The summed E-state index contributed by atoms with van der Waals surface area (Å²) < 4.78 is 1.17. The molecule has 2 unspecified atom stereocenters. The van der Waals surface area contributed by atoms with Gasteiger partial charge in [-0.3, -0.25) is 0 Å². The lowest BCUT2D eigenvalue weighted by atomic mass is 9.91. The van der Waals surface area contributed by atoms with Crippen molar-refractivity contribution < 1.29 is 0 Å². The molecule has 0 aliphatic carbocycles. The summed E-state index contributed by atoms with van der Waals surface area (Å²) in [5.41, 5.74) is 2.77. The monoisotopic (exact) mass is 359 g/mol. The van der Waals surface area contributed by atoms with Crippen LogP contribution < -0.4 is 4.90 Å². The Bertz CT molecular complexity index is 392. The zero-order valence-corrected chi connectivity index (χ0v) is 13.6. The minimum atomic E-state index is 0.635. The predicted molar refractivity (Wildman–Crippen MR) is 82.0 cm³/mol. The summed E-state index contributed by atoms with van der Waals surface area (Å²) in [7, 11) is 0. The van der Waals surface area contributed by atoms with Crippen molar-refractivity contribution in [2.45, 2.75) is 38.1 Å². The van der Waals surface area contributed by atoms with E-state index in [9.17, 15) is 0 Å². The van der Waals surface area contributed by atoms with Gasteiger partial charge in [-0.15, -0.1) is 0 Å². The van der Waals surface area contributed by atoms with Gasteiger partial charge in [-0.2, -0.15) is 0 Å². The Hall–Kier alpha value is -0.0200. The Morgan fingerprint density at radius 1 is 1.35 bits per heavy atom. The summed E-state index contributed by atoms with van der Waals surface area (Å²) in [6.45, 7) is 5.90. The molecular weight excluding hydrogens is 342 g/mol. The van der Waals surface area contributed by atoms with Crippen LogP contribution in [0.5, 0.6) is 0 Å². The van der Waals surface area contributed by atoms with E-state index in [1.165, 1.54) is 35.1 Å². The molecular formula is C14H19Br2N. The summed E-state index contributed by atoms with van der Waals surface area (Å²) in [6.07, 6.45) is 2.66. The van der Waals surface area contributed by atoms with Crippen LogP contribution >= 0.6 is 31.9 Å². The highest BCUT2D eigenvalue weighted by Crippen LogP contribution is 2.33. The molecule has 0 radical (unpaired) electrons. The lowest BCUT2D eigenvalue weighted by molar-refractivity contribution is 0.363. The third-order valence-corrected chi connectivity index (χ3v) is 4.97. The maximum absolute atomic E-state index is 3.59. The number of piperidine rings is 1. The summed E-state index contributed by atoms with van der Waals surface area (Å²) in [5, 5.41) is 0.924. The van der Waals surface area contributed by atoms with E-state index in [0.717, 1.165) is 11.2 Å². The second kappa shape index (κ2) is 5.75. The van der Waals surface area contributed by atoms with E-state index in [2.05, 4.69) is 68.8 Å². The Labute approximate surface area is 121 Å². The van der Waals surface area contributed by atoms with E-state index < -0.39 is 0 Å². The van der Waals surface area contributed by atoms with Crippen molar-refractivity contribution in [3.8, 4) is 0 Å². The van der Waals surface area contributed by atoms with Crippen LogP contribution in [-0.2, 0) is 5.33 Å². The molecule has 1 nitrogen and oxygen atoms in total. The first kappa shape index (κ1) is 13.4. The molecule has 0 amide bonds. The van der Waals surface area contributed by atoms with Crippen LogP contribution in [0.2, 0.25) is 0 Å². The largest absolute Gasteiger partial charge is 0.368 e. The number of alkyl halides is 1. The number of rotatable bonds is 2. The lowest BCUT2D eigenvalue weighted by Crippen LogP contribution is -2.42. The molecule has 1 heterocycles. The van der Waals surface area contributed by atoms with Crippen LogP contribution in [0.25, 0.3) is 0 Å². The fourth-order valence-electron chi connectivity index (χ4n) is 2.59. The van der Waals surface area contributed by atoms with Crippen molar-refractivity contribution >= 4 is 37.5 Å². The molecule has 1 fully saturated rings. The average molecular weight is 361 g/mol. The number of nitrogens with zero attached hydrogens (tertiary/aromatic N) is 1. The normalized spacial score (nSPS) is 25.1. The maximum atomic E-state index is 3.59. The minimum absolute atomic E-state index is 0.635. The van der Waals surface area contributed by atoms with E-state index in [0.29, 0.717) is 6.04 Å². The second-order valence-corrected chi connectivity index (χ2v) is 6.44. The summed E-state index contributed by atoms with van der Waals surface area (Å²) in [6, 6.07) is 7.22. The Balaban J connectivity index is 2.34. The molecule has 0 aromatic heterocycles. The molecule has 1 aromatic carbocycles. The Kier molecular flexibility index (Phi) is 4.53. The Morgan fingerprint density at radius 2 is 2.12 bits per heavy atom. The van der Waals surface area contributed by atoms with E-state index in [-0.39, 0.29) is 0 Å². The summed E-state index contributed by atoms with van der Waals surface area (Å²) in [4.78, 5) is 2.56. The molecule has 1 aromatic rings. The molecule has 0 bridgehead atoms. The highest BCUT2D eigenvalue weighted by atomic mass is 79.9. The number of hydrogen-bond acceptors (Lipinski definition) is 1. The third-order valence-electron chi connectivity index (χ3n) is 3.87. The predicted octanol–water partition coefficient (Wildman–Crippen LogP) is 4.97. The van der Waals surface area contributed by atoms with Gasteiger partial charge in [-0.05, 0) is 43.4 Å². The molecule has 0 N–H and O–H groups in total. The van der Waals surface area contributed by atoms with Gasteiger partial charge in [0.2, 0.25) is 0 Å². The van der Waals surface area contributed by atoms with Crippen LogP contribution in [-0.4, -0.2) is 12.6 Å². The molecule has 0 saturated carbocycles. The van der Waals surface area contributed by atoms with Crippen LogP contribution in [0, 0.1) is 5.92 Å². The van der Waals surface area contributed by atoms with Crippen LogP contribution in [0.15, 0.2) is 22.7 Å². The third kappa shape index (κ3) is 2.87. The van der Waals surface area contributed by atoms with E-state index in [1.54, 1.807) is 0 Å². The highest BCUT2D eigenvalue weighted by molar-refractivity contribution is 9.10. The fraction of sp³-hybridized carbons (Fsp3) is 0.571. The van der Waals surface area contributed by atoms with E-state index in [1.807, 2.05) is 0 Å². The molecule has 3 heteroatoms. The van der Waals surface area contributed by atoms with Crippen LogP contribution in [0.4, 0.5) is 5.69 Å². The van der Waals surface area contributed by atoms with E-state index in [4.69, 9.17) is 0 Å². The van der Waals surface area contributed by atoms with E-state index >= 15 is 0 Å². The van der Waals surface area contributed by atoms with Crippen molar-refractivity contribution in [2.75, 3.05) is 11.4 Å². The van der Waals surface area contributed by atoms with Crippen molar-refractivity contribution in [1.29, 1.82) is 0 Å². The second-order valence-electron chi connectivity index (χ2n) is 4.96. The van der Waals surface area contributed by atoms with Crippen molar-refractivity contribution in [3.05, 3.63) is 28.2 Å². The van der Waals surface area contributed by atoms with Crippen molar-refractivity contribution in [2.24, 2.45) is 5.92 Å². The fourth-order valence-corrected chi connectivity index (χ4v) is 3.42. The smallest absolute Gasteiger partial charge is 0.0421 e. The van der Waals surface area contributed by atoms with Crippen molar-refractivity contribution in [1.82, 2.24) is 0 Å². The van der Waals surface area contributed by atoms with Gasteiger partial charge in [0.1, 0.15) is 0 Å². The van der Waals surface area contributed by atoms with Gasteiger partial charge < -0.3 is 4.90 Å². The lowest BCUT2D eigenvalue weighted by Gasteiger charge is -2.40. The molecule has 17 heavy (non-hydrogen) atoms. The van der Waals surface area contributed by atoms with Crippen LogP contribution in [0.1, 0.15) is 32.3 Å². The average Bonchev–Trinajstić information content (AvgIpc) is 2.33. The number of halogens is 2. The van der Waals surface area contributed by atoms with Gasteiger partial charge in [-0.25, -0.2) is 0 Å². The first-order chi connectivity index (χ1) is 8.13. The molecule has 94 valence electrons. The molecule has 2 rings (SSSR count). The standard InChI is InChI=1S/C14H19Br2N/c1-10-4-3-7-17(11(10)2)14-8-13(16)6-5-12(14)9-15/h5-6,8,10-11H,3-4,7,9H2,1-2H3. The maximum Gasteiger partial charge on any atom is 0.0421 e. The molecule has 1 saturated heterocycles. The molecule has 2 atom stereocenters. The minimum Gasteiger partial charge on any atom is -0.368 e. The quantitative estimate of drug-likeness (QED) is 0.673. The zero-order chi connectivity index (χ0) is 12.4. The van der Waals surface area contributed by atoms with Crippen LogP contribution in [0.3, 0.4) is 0 Å². The molecule has 0 spiro atoms. The van der Waals surface area contributed by atoms with Gasteiger partial charge in [0.15, 0.2) is 0 Å². The first-order valence-electron chi connectivity index (χ1n) is 6.24. The SMILES string of the molecule is CC1CCCN(c2cc(Br)ccc2CBr)C1C. The number of benzene rings is 1. The van der Waals surface area contributed by atoms with Gasteiger partial charge in [-0.1, -0.05) is 44.8 Å². The molecule has 1 aliphatic rings. The topological polar surface area (TPSA) is 3.24 Å². The highest BCUT2D eigenvalue weighted by Gasteiger charge is 2.26. The first-order valence-corrected chi connectivity index (χ1v) is 8.16. The zero-order valence-electron chi connectivity index (χ0n) is 10.4.